The van der Waals surface area contributed by atoms with Crippen molar-refractivity contribution in [2.24, 2.45) is 0 Å². The second kappa shape index (κ2) is 8.23. The van der Waals surface area contributed by atoms with E-state index in [4.69, 9.17) is 4.74 Å². The van der Waals surface area contributed by atoms with Gasteiger partial charge in [-0.3, -0.25) is 14.9 Å². The van der Waals surface area contributed by atoms with E-state index in [9.17, 15) is 19.3 Å². The van der Waals surface area contributed by atoms with Gasteiger partial charge in [-0.05, 0) is 32.0 Å². The summed E-state index contributed by atoms with van der Waals surface area (Å²) in [6.45, 7) is 4.73. The number of hydrogen-bond donors (Lipinski definition) is 0. The number of carbonyl (C=O) groups is 1. The van der Waals surface area contributed by atoms with E-state index in [1.165, 1.54) is 30.3 Å². The predicted octanol–water partition coefficient (Wildman–Crippen LogP) is 3.94. The lowest BCUT2D eigenvalue weighted by Crippen LogP contribution is -2.31. The van der Waals surface area contributed by atoms with Crippen molar-refractivity contribution in [3.05, 3.63) is 64.0 Å². The maximum Gasteiger partial charge on any atom is 0.315 e. The minimum Gasteiger partial charge on any atom is -0.447 e. The molecular formula is C18H19FN2O4. The zero-order valence-corrected chi connectivity index (χ0v) is 14.1. The van der Waals surface area contributed by atoms with E-state index in [0.717, 1.165) is 0 Å². The fraction of sp³-hybridized carbons (Fsp3) is 0.278. The minimum atomic E-state index is -0.624. The van der Waals surface area contributed by atoms with Crippen LogP contribution in [-0.4, -0.2) is 28.8 Å². The molecule has 2 rings (SSSR count). The van der Waals surface area contributed by atoms with Crippen LogP contribution in [0.3, 0.4) is 0 Å². The zero-order chi connectivity index (χ0) is 18.4. The van der Waals surface area contributed by atoms with Crippen molar-refractivity contribution in [2.45, 2.75) is 20.3 Å². The van der Waals surface area contributed by atoms with Crippen molar-refractivity contribution in [2.75, 3.05) is 13.1 Å². The van der Waals surface area contributed by atoms with Crippen molar-refractivity contribution in [1.82, 2.24) is 4.90 Å². The van der Waals surface area contributed by atoms with Gasteiger partial charge < -0.3 is 9.64 Å². The van der Waals surface area contributed by atoms with Crippen LogP contribution in [0, 0.1) is 15.9 Å². The summed E-state index contributed by atoms with van der Waals surface area (Å²) in [5.41, 5.74) is -0.0954. The second-order valence-corrected chi connectivity index (χ2v) is 5.30. The predicted molar refractivity (Wildman–Crippen MR) is 91.2 cm³/mol. The number of para-hydroxylation sites is 2. The van der Waals surface area contributed by atoms with Gasteiger partial charge in [0.05, 0.1) is 11.3 Å². The van der Waals surface area contributed by atoms with E-state index >= 15 is 0 Å². The highest BCUT2D eigenvalue weighted by atomic mass is 19.1. The van der Waals surface area contributed by atoms with Crippen LogP contribution in [0.2, 0.25) is 0 Å². The number of nitrogens with zero attached hydrogens (tertiary/aromatic N) is 2. The average molecular weight is 346 g/mol. The van der Waals surface area contributed by atoms with Crippen LogP contribution in [0.25, 0.3) is 0 Å². The summed E-state index contributed by atoms with van der Waals surface area (Å²) in [5.74, 6) is -1.05. The molecule has 2 aromatic carbocycles. The van der Waals surface area contributed by atoms with Crippen molar-refractivity contribution >= 4 is 11.6 Å². The summed E-state index contributed by atoms with van der Waals surface area (Å²) in [6.07, 6.45) is -0.119. The lowest BCUT2D eigenvalue weighted by Gasteiger charge is -2.18. The summed E-state index contributed by atoms with van der Waals surface area (Å²) in [5, 5.41) is 11.5. The van der Waals surface area contributed by atoms with E-state index in [1.807, 2.05) is 13.8 Å². The van der Waals surface area contributed by atoms with Crippen LogP contribution in [0.1, 0.15) is 19.4 Å². The molecule has 0 aliphatic rings. The average Bonchev–Trinajstić information content (AvgIpc) is 2.58. The Kier molecular flexibility index (Phi) is 6.05. The van der Waals surface area contributed by atoms with E-state index in [1.54, 1.807) is 17.0 Å². The molecule has 1 amide bonds. The fourth-order valence-corrected chi connectivity index (χ4v) is 2.50. The molecule has 0 spiro atoms. The molecule has 0 saturated heterocycles. The van der Waals surface area contributed by atoms with Gasteiger partial charge in [0, 0.05) is 18.7 Å². The molecule has 132 valence electrons. The molecule has 2 aromatic rings. The first-order valence-electron chi connectivity index (χ1n) is 7.94. The lowest BCUT2D eigenvalue weighted by atomic mass is 10.1. The number of likely N-dealkylation sites (N-methyl/N-ethyl adjacent to an activating group) is 1. The number of nitro groups is 1. The smallest absolute Gasteiger partial charge is 0.315 e. The number of benzene rings is 2. The van der Waals surface area contributed by atoms with Crippen molar-refractivity contribution < 1.29 is 18.8 Å². The third kappa shape index (κ3) is 4.32. The number of rotatable bonds is 7. The SMILES string of the molecule is CCN(CC)C(=O)Cc1cccc(Oc2ccccc2F)c1[N+](=O)[O-]. The van der Waals surface area contributed by atoms with Gasteiger partial charge in [-0.15, -0.1) is 0 Å². The lowest BCUT2D eigenvalue weighted by molar-refractivity contribution is -0.386. The van der Waals surface area contributed by atoms with Crippen molar-refractivity contribution in [3.63, 3.8) is 0 Å². The number of amides is 1. The Balaban J connectivity index is 2.38. The van der Waals surface area contributed by atoms with Gasteiger partial charge in [-0.1, -0.05) is 24.3 Å². The summed E-state index contributed by atoms with van der Waals surface area (Å²) >= 11 is 0. The molecule has 0 atom stereocenters. The molecule has 0 fully saturated rings. The number of carbonyl (C=O) groups excluding carboxylic acids is 1. The molecule has 0 aliphatic carbocycles. The monoisotopic (exact) mass is 346 g/mol. The van der Waals surface area contributed by atoms with Crippen LogP contribution in [0.5, 0.6) is 11.5 Å². The first-order valence-corrected chi connectivity index (χ1v) is 7.94. The molecule has 0 aromatic heterocycles. The fourth-order valence-electron chi connectivity index (χ4n) is 2.50. The van der Waals surface area contributed by atoms with Crippen LogP contribution < -0.4 is 4.74 Å². The Labute approximate surface area is 145 Å². The highest BCUT2D eigenvalue weighted by molar-refractivity contribution is 5.80. The number of nitro benzene ring substituents is 1. The van der Waals surface area contributed by atoms with Gasteiger partial charge >= 0.3 is 5.69 Å². The minimum absolute atomic E-state index is 0.0973. The topological polar surface area (TPSA) is 72.7 Å². The highest BCUT2D eigenvalue weighted by Crippen LogP contribution is 2.35. The van der Waals surface area contributed by atoms with Crippen LogP contribution >= 0.6 is 0 Å². The largest absolute Gasteiger partial charge is 0.447 e. The van der Waals surface area contributed by atoms with Crippen molar-refractivity contribution in [3.8, 4) is 11.5 Å². The Morgan fingerprint density at radius 3 is 2.36 bits per heavy atom. The van der Waals surface area contributed by atoms with E-state index in [-0.39, 0.29) is 35.1 Å². The van der Waals surface area contributed by atoms with Gasteiger partial charge in [0.1, 0.15) is 0 Å². The molecule has 25 heavy (non-hydrogen) atoms. The Hall–Kier alpha value is -2.96. The maximum absolute atomic E-state index is 13.8. The molecule has 7 heteroatoms. The van der Waals surface area contributed by atoms with Gasteiger partial charge in [-0.2, -0.15) is 0 Å². The molecule has 0 saturated carbocycles. The second-order valence-electron chi connectivity index (χ2n) is 5.30. The normalized spacial score (nSPS) is 10.4. The van der Waals surface area contributed by atoms with Crippen molar-refractivity contribution in [1.29, 1.82) is 0 Å². The van der Waals surface area contributed by atoms with E-state index in [0.29, 0.717) is 13.1 Å². The van der Waals surface area contributed by atoms with Crippen LogP contribution in [-0.2, 0) is 11.2 Å². The third-order valence-electron chi connectivity index (χ3n) is 3.78. The van der Waals surface area contributed by atoms with Gasteiger partial charge in [-0.25, -0.2) is 4.39 Å². The first kappa shape index (κ1) is 18.4. The third-order valence-corrected chi connectivity index (χ3v) is 3.78. The quantitative estimate of drug-likeness (QED) is 0.562. The van der Waals surface area contributed by atoms with Gasteiger partial charge in [0.2, 0.25) is 11.7 Å². The molecule has 0 aliphatic heterocycles. The summed E-state index contributed by atoms with van der Waals surface area (Å²) in [6, 6.07) is 10.1. The van der Waals surface area contributed by atoms with E-state index in [2.05, 4.69) is 0 Å². The Morgan fingerprint density at radius 1 is 1.12 bits per heavy atom. The number of halogens is 1. The zero-order valence-electron chi connectivity index (χ0n) is 14.1. The van der Waals surface area contributed by atoms with E-state index < -0.39 is 10.7 Å². The Bertz CT molecular complexity index is 775. The molecule has 0 unspecified atom stereocenters. The molecule has 0 heterocycles. The molecule has 6 nitrogen and oxygen atoms in total. The first-order chi connectivity index (χ1) is 12.0. The van der Waals surface area contributed by atoms with Crippen LogP contribution in [0.15, 0.2) is 42.5 Å². The maximum atomic E-state index is 13.8. The van der Waals surface area contributed by atoms with Gasteiger partial charge in [0.25, 0.3) is 0 Å². The molecule has 0 radical (unpaired) electrons. The number of ether oxygens (including phenoxy) is 1. The summed E-state index contributed by atoms with van der Waals surface area (Å²) in [4.78, 5) is 24.8. The Morgan fingerprint density at radius 2 is 1.76 bits per heavy atom. The van der Waals surface area contributed by atoms with Crippen LogP contribution in [0.4, 0.5) is 10.1 Å². The summed E-state index contributed by atoms with van der Waals surface area (Å²) in [7, 11) is 0. The molecule has 0 bridgehead atoms. The highest BCUT2D eigenvalue weighted by Gasteiger charge is 2.24. The molecule has 0 N–H and O–H groups in total. The summed E-state index contributed by atoms with van der Waals surface area (Å²) < 4.78 is 19.2. The van der Waals surface area contributed by atoms with Gasteiger partial charge in [0.15, 0.2) is 11.6 Å². The molecular weight excluding hydrogens is 327 g/mol. The standard InChI is InChI=1S/C18H19FN2O4/c1-3-20(4-2)17(22)12-13-8-7-11-16(18(13)21(23)24)25-15-10-6-5-9-14(15)19/h5-11H,3-4,12H2,1-2H3. The number of hydrogen-bond acceptors (Lipinski definition) is 4.